The molecule has 1 amide bonds. The van der Waals surface area contributed by atoms with E-state index in [1.165, 1.54) is 16.8 Å². The largest absolute Gasteiger partial charge is 0.366 e. The third-order valence-corrected chi connectivity index (χ3v) is 3.90. The van der Waals surface area contributed by atoms with Crippen molar-refractivity contribution >= 4 is 5.91 Å². The molecule has 0 atom stereocenters. The number of carbonyl (C=O) groups excluding carboxylic acids is 1. The van der Waals surface area contributed by atoms with Gasteiger partial charge in [-0.1, -0.05) is 6.07 Å². The molecule has 1 aromatic heterocycles. The van der Waals surface area contributed by atoms with Crippen LogP contribution in [0.1, 0.15) is 38.4 Å². The van der Waals surface area contributed by atoms with E-state index in [4.69, 9.17) is 5.73 Å². The Morgan fingerprint density at radius 2 is 2.00 bits per heavy atom. The van der Waals surface area contributed by atoms with Gasteiger partial charge in [-0.2, -0.15) is 5.10 Å². The van der Waals surface area contributed by atoms with Crippen LogP contribution in [-0.2, 0) is 20.1 Å². The van der Waals surface area contributed by atoms with Gasteiger partial charge >= 0.3 is 0 Å². The molecule has 21 heavy (non-hydrogen) atoms. The van der Waals surface area contributed by atoms with Crippen LogP contribution in [0, 0.1) is 20.8 Å². The molecule has 5 nitrogen and oxygen atoms in total. The number of nitrogens with one attached hydrogen (secondary N) is 1. The monoisotopic (exact) mass is 286 g/mol. The van der Waals surface area contributed by atoms with Gasteiger partial charge < -0.3 is 11.1 Å². The van der Waals surface area contributed by atoms with E-state index in [0.717, 1.165) is 24.3 Å². The van der Waals surface area contributed by atoms with Crippen molar-refractivity contribution in [1.82, 2.24) is 15.1 Å². The molecule has 0 bridgehead atoms. The average molecular weight is 286 g/mol. The van der Waals surface area contributed by atoms with Crippen molar-refractivity contribution in [1.29, 1.82) is 0 Å². The van der Waals surface area contributed by atoms with Crippen LogP contribution in [-0.4, -0.2) is 15.7 Å². The summed E-state index contributed by atoms with van der Waals surface area (Å²) in [6.45, 7) is 7.62. The van der Waals surface area contributed by atoms with E-state index in [1.807, 2.05) is 37.7 Å². The zero-order chi connectivity index (χ0) is 15.6. The molecular weight excluding hydrogens is 264 g/mol. The Morgan fingerprint density at radius 3 is 2.52 bits per heavy atom. The van der Waals surface area contributed by atoms with Crippen LogP contribution >= 0.6 is 0 Å². The Hall–Kier alpha value is -2.14. The zero-order valence-electron chi connectivity index (χ0n) is 13.0. The van der Waals surface area contributed by atoms with Gasteiger partial charge in [0, 0.05) is 37.0 Å². The van der Waals surface area contributed by atoms with Gasteiger partial charge in [0.25, 0.3) is 0 Å². The molecule has 0 unspecified atom stereocenters. The molecule has 0 aliphatic heterocycles. The minimum atomic E-state index is -0.390. The number of primary amides is 1. The van der Waals surface area contributed by atoms with Crippen LogP contribution in [0.3, 0.4) is 0 Å². The maximum atomic E-state index is 11.1. The van der Waals surface area contributed by atoms with Crippen molar-refractivity contribution < 1.29 is 4.79 Å². The lowest BCUT2D eigenvalue weighted by atomic mass is 10.0. The van der Waals surface area contributed by atoms with Crippen molar-refractivity contribution in [2.24, 2.45) is 12.8 Å². The number of nitrogens with two attached hydrogens (primary N) is 1. The number of hydrogen-bond acceptors (Lipinski definition) is 3. The molecule has 0 fully saturated rings. The third-order valence-electron chi connectivity index (χ3n) is 3.90. The first-order chi connectivity index (χ1) is 9.90. The highest BCUT2D eigenvalue weighted by molar-refractivity contribution is 5.93. The molecule has 3 N–H and O–H groups in total. The number of carbonyl (C=O) groups is 1. The lowest BCUT2D eigenvalue weighted by Gasteiger charge is -2.09. The molecule has 0 aliphatic rings. The van der Waals surface area contributed by atoms with Crippen LogP contribution in [0.4, 0.5) is 0 Å². The van der Waals surface area contributed by atoms with Crippen molar-refractivity contribution in [3.63, 3.8) is 0 Å². The fourth-order valence-corrected chi connectivity index (χ4v) is 2.44. The first-order valence-electron chi connectivity index (χ1n) is 6.99. The van der Waals surface area contributed by atoms with Crippen LogP contribution in [0.25, 0.3) is 0 Å². The number of hydrogen-bond donors (Lipinski definition) is 2. The summed E-state index contributed by atoms with van der Waals surface area (Å²) in [6.07, 6.45) is 0. The van der Waals surface area contributed by atoms with Crippen molar-refractivity contribution in [2.75, 3.05) is 0 Å². The average Bonchev–Trinajstić information content (AvgIpc) is 2.66. The van der Waals surface area contributed by atoms with Crippen molar-refractivity contribution in [3.05, 3.63) is 51.8 Å². The molecule has 0 saturated heterocycles. The molecule has 1 heterocycles. The fraction of sp³-hybridized carbons (Fsp3) is 0.375. The van der Waals surface area contributed by atoms with Gasteiger partial charge in [-0.25, -0.2) is 0 Å². The molecule has 5 heteroatoms. The highest BCUT2D eigenvalue weighted by Gasteiger charge is 2.09. The molecule has 2 rings (SSSR count). The second kappa shape index (κ2) is 6.10. The standard InChI is InChI=1S/C16H22N4O/c1-10-7-13(16(17)21)5-6-14(10)8-18-9-15-11(2)19-20(4)12(15)3/h5-7,18H,8-9H2,1-4H3,(H2,17,21). The number of rotatable bonds is 5. The van der Waals surface area contributed by atoms with Crippen LogP contribution in [0.5, 0.6) is 0 Å². The number of aryl methyl sites for hydroxylation is 3. The second-order valence-corrected chi connectivity index (χ2v) is 5.38. The second-order valence-electron chi connectivity index (χ2n) is 5.38. The Bertz CT molecular complexity index is 673. The van der Waals surface area contributed by atoms with Gasteiger partial charge in [-0.05, 0) is 44.0 Å². The zero-order valence-corrected chi connectivity index (χ0v) is 13.0. The van der Waals surface area contributed by atoms with Gasteiger partial charge in [0.2, 0.25) is 5.91 Å². The van der Waals surface area contributed by atoms with Crippen molar-refractivity contribution in [3.8, 4) is 0 Å². The summed E-state index contributed by atoms with van der Waals surface area (Å²) in [5.41, 5.74) is 11.5. The van der Waals surface area contributed by atoms with E-state index >= 15 is 0 Å². The predicted octanol–water partition coefficient (Wildman–Crippen LogP) is 1.73. The predicted molar refractivity (Wildman–Crippen MR) is 82.9 cm³/mol. The Kier molecular flexibility index (Phi) is 4.43. The summed E-state index contributed by atoms with van der Waals surface area (Å²) in [5.74, 6) is -0.390. The molecule has 1 aromatic carbocycles. The molecule has 0 spiro atoms. The Morgan fingerprint density at radius 1 is 1.29 bits per heavy atom. The Balaban J connectivity index is 2.02. The fourth-order valence-electron chi connectivity index (χ4n) is 2.44. The molecule has 0 saturated carbocycles. The summed E-state index contributed by atoms with van der Waals surface area (Å²) in [6, 6.07) is 5.55. The Labute approximate surface area is 125 Å². The van der Waals surface area contributed by atoms with E-state index in [2.05, 4.69) is 17.3 Å². The first kappa shape index (κ1) is 15.3. The highest BCUT2D eigenvalue weighted by atomic mass is 16.1. The first-order valence-corrected chi connectivity index (χ1v) is 6.99. The van der Waals surface area contributed by atoms with Gasteiger partial charge in [-0.15, -0.1) is 0 Å². The molecule has 2 aromatic rings. The third kappa shape index (κ3) is 3.31. The minimum absolute atomic E-state index is 0.390. The van der Waals surface area contributed by atoms with Crippen LogP contribution in [0.2, 0.25) is 0 Å². The van der Waals surface area contributed by atoms with Gasteiger partial charge in [0.15, 0.2) is 0 Å². The number of aromatic nitrogens is 2. The summed E-state index contributed by atoms with van der Waals surface area (Å²) < 4.78 is 1.90. The minimum Gasteiger partial charge on any atom is -0.366 e. The molecule has 112 valence electrons. The maximum Gasteiger partial charge on any atom is 0.248 e. The van der Waals surface area contributed by atoms with Crippen LogP contribution < -0.4 is 11.1 Å². The molecular formula is C16H22N4O. The number of benzene rings is 1. The summed E-state index contributed by atoms with van der Waals surface area (Å²) in [4.78, 5) is 11.1. The van der Waals surface area contributed by atoms with Crippen LogP contribution in [0.15, 0.2) is 18.2 Å². The lowest BCUT2D eigenvalue weighted by molar-refractivity contribution is 0.1000. The normalized spacial score (nSPS) is 10.9. The van der Waals surface area contributed by atoms with E-state index in [1.54, 1.807) is 6.07 Å². The van der Waals surface area contributed by atoms with Crippen molar-refractivity contribution in [2.45, 2.75) is 33.9 Å². The number of amides is 1. The molecule has 0 aliphatic carbocycles. The number of nitrogens with zero attached hydrogens (tertiary/aromatic N) is 2. The van der Waals surface area contributed by atoms with E-state index < -0.39 is 0 Å². The maximum absolute atomic E-state index is 11.1. The lowest BCUT2D eigenvalue weighted by Crippen LogP contribution is -2.16. The smallest absolute Gasteiger partial charge is 0.248 e. The van der Waals surface area contributed by atoms with Gasteiger partial charge in [0.05, 0.1) is 5.69 Å². The highest BCUT2D eigenvalue weighted by Crippen LogP contribution is 2.13. The SMILES string of the molecule is Cc1cc(C(N)=O)ccc1CNCc1c(C)nn(C)c1C. The molecule has 0 radical (unpaired) electrons. The quantitative estimate of drug-likeness (QED) is 0.879. The van der Waals surface area contributed by atoms with Gasteiger partial charge in [0.1, 0.15) is 0 Å². The summed E-state index contributed by atoms with van der Waals surface area (Å²) in [5, 5.41) is 7.84. The summed E-state index contributed by atoms with van der Waals surface area (Å²) in [7, 11) is 1.96. The van der Waals surface area contributed by atoms with Gasteiger partial charge in [-0.3, -0.25) is 9.48 Å². The van der Waals surface area contributed by atoms with E-state index in [-0.39, 0.29) is 5.91 Å². The van der Waals surface area contributed by atoms with E-state index in [9.17, 15) is 4.79 Å². The topological polar surface area (TPSA) is 72.9 Å². The summed E-state index contributed by atoms with van der Waals surface area (Å²) >= 11 is 0. The van der Waals surface area contributed by atoms with E-state index in [0.29, 0.717) is 5.56 Å².